The maximum Gasteiger partial charge on any atom is 0.293 e. The minimum Gasteiger partial charge on any atom is -0.378 e. The summed E-state index contributed by atoms with van der Waals surface area (Å²) in [5, 5.41) is 16.8. The molecular weight excluding hydrogens is 360 g/mol. The van der Waals surface area contributed by atoms with Gasteiger partial charge in [-0.25, -0.2) is 8.42 Å². The highest BCUT2D eigenvalue weighted by Crippen LogP contribution is 2.29. The molecule has 1 fully saturated rings. The number of hydrogen-bond donors (Lipinski definition) is 2. The highest BCUT2D eigenvalue weighted by atomic mass is 32.2. The van der Waals surface area contributed by atoms with Crippen LogP contribution in [0.4, 0.5) is 11.4 Å². The Morgan fingerprint density at radius 2 is 1.85 bits per heavy atom. The lowest BCUT2D eigenvalue weighted by Gasteiger charge is -2.20. The first-order chi connectivity index (χ1) is 12.3. The van der Waals surface area contributed by atoms with Crippen LogP contribution in [0.3, 0.4) is 0 Å². The number of nitrogens with zero attached hydrogens (tertiary/aromatic N) is 2. The first-order valence-corrected chi connectivity index (χ1v) is 10.0. The summed E-state index contributed by atoms with van der Waals surface area (Å²) in [5.74, 6) is -0.194. The van der Waals surface area contributed by atoms with Gasteiger partial charge in [0.05, 0.1) is 9.82 Å². The van der Waals surface area contributed by atoms with E-state index in [1.807, 2.05) is 0 Å². The molecule has 1 aliphatic rings. The SMILES string of the molecule is CC(=O)NCCNc1ccc(S(=O)(=O)N2CCCCCC2)cc1[N+](=O)[O-]. The van der Waals surface area contributed by atoms with Gasteiger partial charge < -0.3 is 10.6 Å². The van der Waals surface area contributed by atoms with Crippen LogP contribution in [0.2, 0.25) is 0 Å². The van der Waals surface area contributed by atoms with E-state index in [2.05, 4.69) is 10.6 Å². The number of carbonyl (C=O) groups is 1. The Morgan fingerprint density at radius 1 is 1.19 bits per heavy atom. The summed E-state index contributed by atoms with van der Waals surface area (Å²) in [6.07, 6.45) is 3.57. The molecule has 0 radical (unpaired) electrons. The van der Waals surface area contributed by atoms with Gasteiger partial charge in [-0.05, 0) is 25.0 Å². The third-order valence-electron chi connectivity index (χ3n) is 4.18. The van der Waals surface area contributed by atoms with Gasteiger partial charge in [0.2, 0.25) is 15.9 Å². The minimum absolute atomic E-state index is 0.0708. The van der Waals surface area contributed by atoms with Gasteiger partial charge in [0.15, 0.2) is 0 Å². The van der Waals surface area contributed by atoms with Crippen LogP contribution in [-0.4, -0.2) is 49.7 Å². The highest BCUT2D eigenvalue weighted by Gasteiger charge is 2.27. The smallest absolute Gasteiger partial charge is 0.293 e. The number of nitro benzene ring substituents is 1. The number of benzene rings is 1. The second-order valence-corrected chi connectivity index (χ2v) is 8.10. The van der Waals surface area contributed by atoms with Crippen LogP contribution in [0.1, 0.15) is 32.6 Å². The van der Waals surface area contributed by atoms with Gasteiger partial charge in [0.25, 0.3) is 5.69 Å². The van der Waals surface area contributed by atoms with Crippen LogP contribution in [-0.2, 0) is 14.8 Å². The molecule has 0 bridgehead atoms. The first kappa shape index (κ1) is 20.1. The van der Waals surface area contributed by atoms with Gasteiger partial charge >= 0.3 is 0 Å². The van der Waals surface area contributed by atoms with Crippen molar-refractivity contribution in [2.75, 3.05) is 31.5 Å². The van der Waals surface area contributed by atoms with E-state index in [0.717, 1.165) is 31.7 Å². The van der Waals surface area contributed by atoms with Crippen molar-refractivity contribution >= 4 is 27.3 Å². The molecule has 1 aromatic rings. The molecule has 1 amide bonds. The molecule has 9 nitrogen and oxygen atoms in total. The van der Waals surface area contributed by atoms with Crippen molar-refractivity contribution < 1.29 is 18.1 Å². The molecule has 1 saturated heterocycles. The maximum atomic E-state index is 12.8. The summed E-state index contributed by atoms with van der Waals surface area (Å²) < 4.78 is 27.0. The first-order valence-electron chi connectivity index (χ1n) is 8.59. The predicted molar refractivity (Wildman–Crippen MR) is 97.5 cm³/mol. The molecule has 0 aliphatic carbocycles. The van der Waals surface area contributed by atoms with Crippen LogP contribution in [0, 0.1) is 10.1 Å². The van der Waals surface area contributed by atoms with E-state index in [0.29, 0.717) is 26.2 Å². The van der Waals surface area contributed by atoms with Gasteiger partial charge in [-0.3, -0.25) is 14.9 Å². The average molecular weight is 384 g/mol. The largest absolute Gasteiger partial charge is 0.378 e. The molecule has 0 aromatic heterocycles. The Hall–Kier alpha value is -2.20. The maximum absolute atomic E-state index is 12.8. The summed E-state index contributed by atoms with van der Waals surface area (Å²) >= 11 is 0. The second kappa shape index (κ2) is 8.95. The number of nitro groups is 1. The van der Waals surface area contributed by atoms with Gasteiger partial charge in [-0.2, -0.15) is 4.31 Å². The molecule has 2 N–H and O–H groups in total. The third kappa shape index (κ3) is 5.15. The zero-order valence-corrected chi connectivity index (χ0v) is 15.5. The van der Waals surface area contributed by atoms with Crippen LogP contribution >= 0.6 is 0 Å². The zero-order chi connectivity index (χ0) is 19.2. The summed E-state index contributed by atoms with van der Waals surface area (Å²) in [7, 11) is -3.75. The van der Waals surface area contributed by atoms with Crippen LogP contribution in [0.25, 0.3) is 0 Å². The average Bonchev–Trinajstić information content (AvgIpc) is 2.88. The van der Waals surface area contributed by atoms with E-state index in [4.69, 9.17) is 0 Å². The van der Waals surface area contributed by atoms with Gasteiger partial charge in [0, 0.05) is 39.2 Å². The lowest BCUT2D eigenvalue weighted by molar-refractivity contribution is -0.384. The van der Waals surface area contributed by atoms with E-state index in [1.54, 1.807) is 0 Å². The fraction of sp³-hybridized carbons (Fsp3) is 0.562. The van der Waals surface area contributed by atoms with Gasteiger partial charge in [0.1, 0.15) is 5.69 Å². The standard InChI is InChI=1S/C16H24N4O5S/c1-13(21)17-8-9-18-15-7-6-14(12-16(15)20(22)23)26(24,25)19-10-4-2-3-5-11-19/h6-7,12,18H,2-5,8-11H2,1H3,(H,17,21). The molecule has 144 valence electrons. The molecule has 2 rings (SSSR count). The van der Waals surface area contributed by atoms with E-state index < -0.39 is 14.9 Å². The van der Waals surface area contributed by atoms with Crippen molar-refractivity contribution in [3.63, 3.8) is 0 Å². The fourth-order valence-electron chi connectivity index (χ4n) is 2.84. The number of amides is 1. The fourth-order valence-corrected chi connectivity index (χ4v) is 4.38. The van der Waals surface area contributed by atoms with Crippen molar-refractivity contribution in [3.8, 4) is 0 Å². The molecular formula is C16H24N4O5S. The number of nitrogens with one attached hydrogen (secondary N) is 2. The van der Waals surface area contributed by atoms with E-state index in [1.165, 1.54) is 23.4 Å². The van der Waals surface area contributed by atoms with E-state index in [9.17, 15) is 23.3 Å². The molecule has 10 heteroatoms. The molecule has 26 heavy (non-hydrogen) atoms. The molecule has 0 atom stereocenters. The molecule has 1 aromatic carbocycles. The monoisotopic (exact) mass is 384 g/mol. The summed E-state index contributed by atoms with van der Waals surface area (Å²) in [6, 6.07) is 3.88. The number of anilines is 1. The van der Waals surface area contributed by atoms with Crippen molar-refractivity contribution in [3.05, 3.63) is 28.3 Å². The van der Waals surface area contributed by atoms with Crippen LogP contribution in [0.15, 0.2) is 23.1 Å². The van der Waals surface area contributed by atoms with Crippen LogP contribution in [0.5, 0.6) is 0 Å². The molecule has 1 heterocycles. The molecule has 0 saturated carbocycles. The summed E-state index contributed by atoms with van der Waals surface area (Å²) in [4.78, 5) is 21.5. The van der Waals surface area contributed by atoms with Gasteiger partial charge in [-0.1, -0.05) is 12.8 Å². The number of sulfonamides is 1. The van der Waals surface area contributed by atoms with E-state index in [-0.39, 0.29) is 22.2 Å². The predicted octanol–water partition coefficient (Wildman–Crippen LogP) is 1.71. The Kier molecular flexibility index (Phi) is 6.92. The molecule has 0 spiro atoms. The Bertz CT molecular complexity index is 758. The van der Waals surface area contributed by atoms with Crippen molar-refractivity contribution in [2.24, 2.45) is 0 Å². The van der Waals surface area contributed by atoms with E-state index >= 15 is 0 Å². The Labute approximate surface area is 153 Å². The lowest BCUT2D eigenvalue weighted by atomic mass is 10.2. The minimum atomic E-state index is -3.75. The van der Waals surface area contributed by atoms with Crippen molar-refractivity contribution in [1.82, 2.24) is 9.62 Å². The van der Waals surface area contributed by atoms with Crippen LogP contribution < -0.4 is 10.6 Å². The second-order valence-electron chi connectivity index (χ2n) is 6.16. The third-order valence-corrected chi connectivity index (χ3v) is 6.08. The van der Waals surface area contributed by atoms with Crippen molar-refractivity contribution in [2.45, 2.75) is 37.5 Å². The zero-order valence-electron chi connectivity index (χ0n) is 14.7. The van der Waals surface area contributed by atoms with Gasteiger partial charge in [-0.15, -0.1) is 0 Å². The quantitative estimate of drug-likeness (QED) is 0.419. The molecule has 0 unspecified atom stereocenters. The normalized spacial score (nSPS) is 15.9. The lowest BCUT2D eigenvalue weighted by Crippen LogP contribution is -2.32. The topological polar surface area (TPSA) is 122 Å². The number of rotatable bonds is 7. The summed E-state index contributed by atoms with van der Waals surface area (Å²) in [5.41, 5.74) is -0.0844. The summed E-state index contributed by atoms with van der Waals surface area (Å²) in [6.45, 7) is 2.85. The molecule has 1 aliphatic heterocycles. The number of carbonyl (C=O) groups excluding carboxylic acids is 1. The number of hydrogen-bond acceptors (Lipinski definition) is 6. The Morgan fingerprint density at radius 3 is 2.42 bits per heavy atom. The van der Waals surface area contributed by atoms with Crippen molar-refractivity contribution in [1.29, 1.82) is 0 Å². The highest BCUT2D eigenvalue weighted by molar-refractivity contribution is 7.89. The Balaban J connectivity index is 2.20.